The van der Waals surface area contributed by atoms with Gasteiger partial charge in [-0.25, -0.2) is 0 Å². The average molecular weight is 369 g/mol. The molecule has 27 heavy (non-hydrogen) atoms. The van der Waals surface area contributed by atoms with Crippen LogP contribution in [0.2, 0.25) is 0 Å². The van der Waals surface area contributed by atoms with Gasteiger partial charge in [-0.3, -0.25) is 14.4 Å². The molecule has 144 valence electrons. The molecule has 6 heteroatoms. The molecule has 0 bridgehead atoms. The topological polar surface area (TPSA) is 60.9 Å². The molecule has 1 aliphatic carbocycles. The Kier molecular flexibility index (Phi) is 4.66. The standard InChI is InChI=1S/C21H27N3O3/c1-2-22-13-14-24(20(27)19(22)26)15-18(25)23-11-9-21(10-12-23)8-7-16-5-3-4-6-17(16)21/h3-6H,2,7-15H2,1H3. The number of fused-ring (bicyclic) bond motifs is 2. The number of hydrogen-bond donors (Lipinski definition) is 0. The lowest BCUT2D eigenvalue weighted by Crippen LogP contribution is -2.57. The maximum absolute atomic E-state index is 12.7. The summed E-state index contributed by atoms with van der Waals surface area (Å²) in [6.07, 6.45) is 4.25. The fourth-order valence-corrected chi connectivity index (χ4v) is 4.90. The molecule has 3 amide bonds. The second-order valence-corrected chi connectivity index (χ2v) is 7.93. The first-order valence-electron chi connectivity index (χ1n) is 9.98. The van der Waals surface area contributed by atoms with Crippen LogP contribution in [0.4, 0.5) is 0 Å². The molecule has 1 aromatic rings. The van der Waals surface area contributed by atoms with Gasteiger partial charge in [-0.2, -0.15) is 0 Å². The predicted octanol–water partition coefficient (Wildman–Crippen LogP) is 1.18. The molecular formula is C21H27N3O3. The molecule has 6 nitrogen and oxygen atoms in total. The van der Waals surface area contributed by atoms with Crippen LogP contribution in [0.5, 0.6) is 0 Å². The lowest BCUT2D eigenvalue weighted by molar-refractivity contribution is -0.157. The largest absolute Gasteiger partial charge is 0.341 e. The first-order chi connectivity index (χ1) is 13.0. The normalized spacial score (nSPS) is 21.7. The first kappa shape index (κ1) is 18.0. The Bertz CT molecular complexity index is 768. The second-order valence-electron chi connectivity index (χ2n) is 7.93. The number of likely N-dealkylation sites (N-methyl/N-ethyl adjacent to an activating group) is 1. The number of benzene rings is 1. The van der Waals surface area contributed by atoms with Crippen molar-refractivity contribution in [3.8, 4) is 0 Å². The Morgan fingerprint density at radius 1 is 0.963 bits per heavy atom. The summed E-state index contributed by atoms with van der Waals surface area (Å²) < 4.78 is 0. The van der Waals surface area contributed by atoms with Crippen molar-refractivity contribution in [1.29, 1.82) is 0 Å². The summed E-state index contributed by atoms with van der Waals surface area (Å²) in [5, 5.41) is 0. The minimum Gasteiger partial charge on any atom is -0.341 e. The van der Waals surface area contributed by atoms with Crippen LogP contribution in [0.25, 0.3) is 0 Å². The highest BCUT2D eigenvalue weighted by Crippen LogP contribution is 2.46. The van der Waals surface area contributed by atoms with E-state index >= 15 is 0 Å². The van der Waals surface area contributed by atoms with E-state index in [0.717, 1.165) is 32.4 Å². The number of hydrogen-bond acceptors (Lipinski definition) is 3. The van der Waals surface area contributed by atoms with Gasteiger partial charge in [0.2, 0.25) is 5.91 Å². The maximum Gasteiger partial charge on any atom is 0.312 e. The van der Waals surface area contributed by atoms with Gasteiger partial charge in [-0.15, -0.1) is 0 Å². The second kappa shape index (κ2) is 6.98. The number of carbonyl (C=O) groups is 3. The van der Waals surface area contributed by atoms with Crippen molar-refractivity contribution >= 4 is 17.7 Å². The van der Waals surface area contributed by atoms with Gasteiger partial charge in [-0.05, 0) is 49.1 Å². The molecule has 1 spiro atoms. The van der Waals surface area contributed by atoms with E-state index in [1.165, 1.54) is 27.3 Å². The number of likely N-dealkylation sites (tertiary alicyclic amines) is 1. The van der Waals surface area contributed by atoms with Gasteiger partial charge in [0.05, 0.1) is 0 Å². The van der Waals surface area contributed by atoms with Crippen LogP contribution < -0.4 is 0 Å². The molecular weight excluding hydrogens is 342 g/mol. The zero-order chi connectivity index (χ0) is 19.0. The zero-order valence-corrected chi connectivity index (χ0v) is 15.9. The number of piperazine rings is 1. The summed E-state index contributed by atoms with van der Waals surface area (Å²) in [6, 6.07) is 8.69. The van der Waals surface area contributed by atoms with Crippen molar-refractivity contribution in [2.45, 2.75) is 38.0 Å². The van der Waals surface area contributed by atoms with Gasteiger partial charge in [0.15, 0.2) is 0 Å². The maximum atomic E-state index is 12.7. The Balaban J connectivity index is 1.36. The van der Waals surface area contributed by atoms with Crippen LogP contribution in [0.1, 0.15) is 37.3 Å². The van der Waals surface area contributed by atoms with E-state index in [1.807, 2.05) is 11.8 Å². The lowest BCUT2D eigenvalue weighted by Gasteiger charge is -2.41. The SMILES string of the molecule is CCN1CCN(CC(=O)N2CCC3(CCc4ccccc43)CC2)C(=O)C1=O. The molecule has 2 fully saturated rings. The third-order valence-electron chi connectivity index (χ3n) is 6.64. The minimum atomic E-state index is -0.547. The van der Waals surface area contributed by atoms with Crippen molar-refractivity contribution < 1.29 is 14.4 Å². The number of carbonyl (C=O) groups excluding carboxylic acids is 3. The third-order valence-corrected chi connectivity index (χ3v) is 6.64. The molecule has 1 aromatic carbocycles. The molecule has 0 atom stereocenters. The van der Waals surface area contributed by atoms with Crippen molar-refractivity contribution in [2.24, 2.45) is 0 Å². The smallest absolute Gasteiger partial charge is 0.312 e. The highest BCUT2D eigenvalue weighted by atomic mass is 16.2. The predicted molar refractivity (Wildman–Crippen MR) is 101 cm³/mol. The summed E-state index contributed by atoms with van der Waals surface area (Å²) in [5.74, 6) is -1.08. The fraction of sp³-hybridized carbons (Fsp3) is 0.571. The van der Waals surface area contributed by atoms with E-state index in [0.29, 0.717) is 19.6 Å². The molecule has 2 heterocycles. The van der Waals surface area contributed by atoms with Crippen LogP contribution in [0, 0.1) is 0 Å². The van der Waals surface area contributed by atoms with E-state index in [1.54, 1.807) is 0 Å². The number of nitrogens with zero attached hydrogens (tertiary/aromatic N) is 3. The molecule has 4 rings (SSSR count). The van der Waals surface area contributed by atoms with E-state index < -0.39 is 11.8 Å². The van der Waals surface area contributed by atoms with Crippen molar-refractivity contribution in [3.05, 3.63) is 35.4 Å². The summed E-state index contributed by atoms with van der Waals surface area (Å²) in [6.45, 7) is 4.81. The van der Waals surface area contributed by atoms with Gasteiger partial charge < -0.3 is 14.7 Å². The van der Waals surface area contributed by atoms with Crippen molar-refractivity contribution in [1.82, 2.24) is 14.7 Å². The van der Waals surface area contributed by atoms with Gasteiger partial charge >= 0.3 is 11.8 Å². The Morgan fingerprint density at radius 3 is 2.37 bits per heavy atom. The van der Waals surface area contributed by atoms with Crippen LogP contribution >= 0.6 is 0 Å². The van der Waals surface area contributed by atoms with Gasteiger partial charge in [0, 0.05) is 32.7 Å². The Morgan fingerprint density at radius 2 is 1.63 bits per heavy atom. The van der Waals surface area contributed by atoms with Gasteiger partial charge in [0.1, 0.15) is 6.54 Å². The molecule has 0 radical (unpaired) electrons. The number of aryl methyl sites for hydroxylation is 1. The van der Waals surface area contributed by atoms with E-state index in [9.17, 15) is 14.4 Å². The molecule has 2 aliphatic heterocycles. The lowest BCUT2D eigenvalue weighted by atomic mass is 9.74. The number of rotatable bonds is 3. The van der Waals surface area contributed by atoms with E-state index in [2.05, 4.69) is 24.3 Å². The van der Waals surface area contributed by atoms with Crippen LogP contribution in [-0.4, -0.2) is 71.7 Å². The fourth-order valence-electron chi connectivity index (χ4n) is 4.90. The molecule has 0 saturated carbocycles. The van der Waals surface area contributed by atoms with E-state index in [4.69, 9.17) is 0 Å². The van der Waals surface area contributed by atoms with Gasteiger partial charge in [0.25, 0.3) is 0 Å². The summed E-state index contributed by atoms with van der Waals surface area (Å²) in [5.41, 5.74) is 3.13. The summed E-state index contributed by atoms with van der Waals surface area (Å²) in [7, 11) is 0. The van der Waals surface area contributed by atoms with Gasteiger partial charge in [-0.1, -0.05) is 24.3 Å². The molecule has 0 unspecified atom stereocenters. The highest BCUT2D eigenvalue weighted by Gasteiger charge is 2.42. The van der Waals surface area contributed by atoms with Crippen molar-refractivity contribution in [3.63, 3.8) is 0 Å². The molecule has 3 aliphatic rings. The monoisotopic (exact) mass is 369 g/mol. The third kappa shape index (κ3) is 3.11. The number of piperidine rings is 1. The quantitative estimate of drug-likeness (QED) is 0.752. The molecule has 0 N–H and O–H groups in total. The van der Waals surface area contributed by atoms with Crippen LogP contribution in [-0.2, 0) is 26.2 Å². The Labute approximate surface area is 160 Å². The Hall–Kier alpha value is -2.37. The molecule has 2 saturated heterocycles. The zero-order valence-electron chi connectivity index (χ0n) is 15.9. The van der Waals surface area contributed by atoms with Crippen molar-refractivity contribution in [2.75, 3.05) is 39.3 Å². The van der Waals surface area contributed by atoms with E-state index in [-0.39, 0.29) is 17.9 Å². The molecule has 0 aromatic heterocycles. The summed E-state index contributed by atoms with van der Waals surface area (Å²) >= 11 is 0. The van der Waals surface area contributed by atoms with Crippen LogP contribution in [0.3, 0.4) is 0 Å². The highest BCUT2D eigenvalue weighted by molar-refractivity contribution is 6.35. The minimum absolute atomic E-state index is 0.0196. The average Bonchev–Trinajstić information content (AvgIpc) is 3.05. The summed E-state index contributed by atoms with van der Waals surface area (Å²) in [4.78, 5) is 41.8. The number of amides is 3. The van der Waals surface area contributed by atoms with Crippen LogP contribution in [0.15, 0.2) is 24.3 Å². The first-order valence-corrected chi connectivity index (χ1v) is 9.98.